The number of sulfonamides is 1. The van der Waals surface area contributed by atoms with Gasteiger partial charge < -0.3 is 15.0 Å². The number of para-hydroxylation sites is 1. The molecule has 0 saturated carbocycles. The summed E-state index contributed by atoms with van der Waals surface area (Å²) in [6.45, 7) is 7.28. The van der Waals surface area contributed by atoms with Crippen LogP contribution in [0.3, 0.4) is 0 Å². The lowest BCUT2D eigenvalue weighted by Gasteiger charge is -2.34. The zero-order valence-electron chi connectivity index (χ0n) is 23.6. The van der Waals surface area contributed by atoms with Gasteiger partial charge in [-0.2, -0.15) is 0 Å². The average Bonchev–Trinajstić information content (AvgIpc) is 3.64. The minimum Gasteiger partial charge on any atom is -0.494 e. The van der Waals surface area contributed by atoms with E-state index in [1.54, 1.807) is 30.6 Å². The molecule has 1 N–H and O–H groups in total. The highest BCUT2D eigenvalue weighted by molar-refractivity contribution is 7.92. The normalized spacial score (nSPS) is 15.4. The summed E-state index contributed by atoms with van der Waals surface area (Å²) in [5.41, 5.74) is 4.32. The summed E-state index contributed by atoms with van der Waals surface area (Å²) >= 11 is 1.71. The number of thiazole rings is 1. The molecule has 0 unspecified atom stereocenters. The van der Waals surface area contributed by atoms with Crippen LogP contribution in [0.15, 0.2) is 65.6 Å². The monoisotopic (exact) mass is 627 g/mol. The number of nitrogens with one attached hydrogen (secondary N) is 1. The van der Waals surface area contributed by atoms with E-state index in [9.17, 15) is 13.2 Å². The molecule has 12 heteroatoms. The molecule has 2 aliphatic rings. The lowest BCUT2D eigenvalue weighted by atomic mass is 10.2. The number of aryl methyl sites for hydroxylation is 1. The number of benzene rings is 3. The van der Waals surface area contributed by atoms with E-state index in [4.69, 9.17) is 9.72 Å². The molecule has 0 aliphatic carbocycles. The van der Waals surface area contributed by atoms with Gasteiger partial charge in [0.25, 0.3) is 15.9 Å². The molecular formula is C30H34ClN5O4S2. The highest BCUT2D eigenvalue weighted by atomic mass is 35.5. The molecule has 42 heavy (non-hydrogen) atoms. The van der Waals surface area contributed by atoms with Crippen LogP contribution in [0.4, 0.5) is 10.8 Å². The van der Waals surface area contributed by atoms with Crippen LogP contribution in [-0.2, 0) is 16.4 Å². The van der Waals surface area contributed by atoms with E-state index in [1.165, 1.54) is 22.0 Å². The Labute approximate surface area is 256 Å². The number of hydrogen-bond acceptors (Lipinski definition) is 8. The number of hydrogen-bond donors (Lipinski definition) is 1. The number of carbonyl (C=O) groups excluding carboxylic acids is 1. The number of aromatic nitrogens is 1. The standard InChI is InChI=1S/C30H33N5O4S2.ClH/c1-21-7-12-26(39-2)27-28(21)40-30(32-27)34-19-17-33(18-20-34)16-14-31-29(36)23-8-10-24(11-9-23)41(37,38)35-15-13-22-5-3-4-6-25(22)35;/h3-12H,13-20H2,1-2H3,(H,31,36);1H. The van der Waals surface area contributed by atoms with Gasteiger partial charge in [0, 0.05) is 51.4 Å². The number of piperazine rings is 1. The van der Waals surface area contributed by atoms with E-state index in [1.807, 2.05) is 30.3 Å². The third-order valence-corrected chi connectivity index (χ3v) is 10.9. The van der Waals surface area contributed by atoms with E-state index < -0.39 is 10.0 Å². The van der Waals surface area contributed by atoms with Gasteiger partial charge in [0.05, 0.1) is 22.4 Å². The minimum absolute atomic E-state index is 0. The summed E-state index contributed by atoms with van der Waals surface area (Å²) in [6.07, 6.45) is 0.696. The molecule has 222 valence electrons. The van der Waals surface area contributed by atoms with Crippen molar-refractivity contribution >= 4 is 60.7 Å². The Balaban J connectivity index is 0.00000353. The van der Waals surface area contributed by atoms with Gasteiger partial charge in [-0.15, -0.1) is 12.4 Å². The van der Waals surface area contributed by atoms with Crippen LogP contribution in [0.2, 0.25) is 0 Å². The number of amides is 1. The van der Waals surface area contributed by atoms with Crippen LogP contribution in [0.25, 0.3) is 10.2 Å². The van der Waals surface area contributed by atoms with Crippen LogP contribution < -0.4 is 19.3 Å². The van der Waals surface area contributed by atoms with Crippen molar-refractivity contribution in [2.75, 3.05) is 62.1 Å². The number of halogens is 1. The molecule has 1 saturated heterocycles. The summed E-state index contributed by atoms with van der Waals surface area (Å²) in [4.78, 5) is 22.5. The first-order valence-corrected chi connectivity index (χ1v) is 16.0. The van der Waals surface area contributed by atoms with Crippen molar-refractivity contribution in [3.63, 3.8) is 0 Å². The van der Waals surface area contributed by atoms with Crippen LogP contribution in [0.5, 0.6) is 5.75 Å². The summed E-state index contributed by atoms with van der Waals surface area (Å²) in [5, 5.41) is 3.99. The molecule has 0 bridgehead atoms. The van der Waals surface area contributed by atoms with Crippen LogP contribution in [0.1, 0.15) is 21.5 Å². The van der Waals surface area contributed by atoms with Crippen molar-refractivity contribution in [1.29, 1.82) is 0 Å². The quantitative estimate of drug-likeness (QED) is 0.311. The minimum atomic E-state index is -3.68. The number of fused-ring (bicyclic) bond motifs is 2. The molecule has 2 aliphatic heterocycles. The van der Waals surface area contributed by atoms with Gasteiger partial charge in [-0.1, -0.05) is 35.6 Å². The predicted molar refractivity (Wildman–Crippen MR) is 170 cm³/mol. The third-order valence-electron chi connectivity index (χ3n) is 7.82. The molecule has 6 rings (SSSR count). The first-order valence-electron chi connectivity index (χ1n) is 13.8. The first-order chi connectivity index (χ1) is 19.8. The Kier molecular flexibility index (Phi) is 8.93. The summed E-state index contributed by atoms with van der Waals surface area (Å²) in [6, 6.07) is 17.8. The highest BCUT2D eigenvalue weighted by Gasteiger charge is 2.30. The number of ether oxygens (including phenoxy) is 1. The van der Waals surface area contributed by atoms with Crippen LogP contribution in [0, 0.1) is 6.92 Å². The van der Waals surface area contributed by atoms with Gasteiger partial charge in [-0.05, 0) is 60.9 Å². The first kappa shape index (κ1) is 30.1. The molecule has 4 aromatic rings. The fraction of sp³-hybridized carbons (Fsp3) is 0.333. The molecule has 1 aromatic heterocycles. The summed E-state index contributed by atoms with van der Waals surface area (Å²) < 4.78 is 34.6. The number of carbonyl (C=O) groups is 1. The van der Waals surface area contributed by atoms with Crippen LogP contribution >= 0.6 is 23.7 Å². The molecule has 1 amide bonds. The predicted octanol–water partition coefficient (Wildman–Crippen LogP) is 4.34. The molecule has 1 fully saturated rings. The van der Waals surface area contributed by atoms with E-state index in [0.717, 1.165) is 65.1 Å². The summed E-state index contributed by atoms with van der Waals surface area (Å²) in [7, 11) is -2.01. The molecule has 9 nitrogen and oxygen atoms in total. The van der Waals surface area contributed by atoms with Crippen molar-refractivity contribution in [1.82, 2.24) is 15.2 Å². The lowest BCUT2D eigenvalue weighted by Crippen LogP contribution is -2.48. The second-order valence-corrected chi connectivity index (χ2v) is 13.2. The van der Waals surface area contributed by atoms with Crippen molar-refractivity contribution < 1.29 is 17.9 Å². The highest BCUT2D eigenvalue weighted by Crippen LogP contribution is 2.37. The fourth-order valence-corrected chi connectivity index (χ4v) is 8.06. The Hall–Kier alpha value is -3.38. The van der Waals surface area contributed by atoms with Gasteiger partial charge >= 0.3 is 0 Å². The maximum atomic E-state index is 13.2. The smallest absolute Gasteiger partial charge is 0.264 e. The van der Waals surface area contributed by atoms with Crippen molar-refractivity contribution in [2.45, 2.75) is 18.2 Å². The van der Waals surface area contributed by atoms with E-state index in [2.05, 4.69) is 28.1 Å². The van der Waals surface area contributed by atoms with Gasteiger partial charge in [0.1, 0.15) is 11.3 Å². The Morgan fingerprint density at radius 2 is 1.74 bits per heavy atom. The average molecular weight is 628 g/mol. The van der Waals surface area contributed by atoms with E-state index in [0.29, 0.717) is 25.1 Å². The topological polar surface area (TPSA) is 95.1 Å². The zero-order valence-corrected chi connectivity index (χ0v) is 26.0. The van der Waals surface area contributed by atoms with Crippen LogP contribution in [-0.4, -0.2) is 77.1 Å². The maximum Gasteiger partial charge on any atom is 0.264 e. The van der Waals surface area contributed by atoms with Gasteiger partial charge in [-0.3, -0.25) is 14.0 Å². The van der Waals surface area contributed by atoms with Crippen molar-refractivity contribution in [3.8, 4) is 5.75 Å². The van der Waals surface area contributed by atoms with Gasteiger partial charge in [-0.25, -0.2) is 13.4 Å². The van der Waals surface area contributed by atoms with Gasteiger partial charge in [0.2, 0.25) is 0 Å². The van der Waals surface area contributed by atoms with Crippen molar-refractivity contribution in [3.05, 3.63) is 77.4 Å². The van der Waals surface area contributed by atoms with E-state index >= 15 is 0 Å². The fourth-order valence-electron chi connectivity index (χ4n) is 5.45. The zero-order chi connectivity index (χ0) is 28.6. The molecular weight excluding hydrogens is 594 g/mol. The largest absolute Gasteiger partial charge is 0.494 e. The molecule has 3 aromatic carbocycles. The Morgan fingerprint density at radius 3 is 2.48 bits per heavy atom. The molecule has 0 spiro atoms. The summed E-state index contributed by atoms with van der Waals surface area (Å²) in [5.74, 6) is 0.592. The second-order valence-electron chi connectivity index (χ2n) is 10.3. The van der Waals surface area contributed by atoms with Gasteiger partial charge in [0.15, 0.2) is 5.13 Å². The van der Waals surface area contributed by atoms with E-state index in [-0.39, 0.29) is 23.2 Å². The number of methoxy groups -OCH3 is 1. The van der Waals surface area contributed by atoms with Crippen molar-refractivity contribution in [2.24, 2.45) is 0 Å². The molecule has 0 atom stereocenters. The maximum absolute atomic E-state index is 13.2. The Morgan fingerprint density at radius 1 is 1.00 bits per heavy atom. The third kappa shape index (κ3) is 5.78. The number of anilines is 2. The lowest BCUT2D eigenvalue weighted by molar-refractivity contribution is 0.0947. The number of rotatable bonds is 8. The Bertz CT molecular complexity index is 1690. The SMILES string of the molecule is COc1ccc(C)c2sc(N3CCN(CCNC(=O)c4ccc(S(=O)(=O)N5CCc6ccccc65)cc4)CC3)nc12.Cl. The molecule has 3 heterocycles. The second kappa shape index (κ2) is 12.5. The molecule has 0 radical (unpaired) electrons. The number of nitrogens with zero attached hydrogens (tertiary/aromatic N) is 4.